The third-order valence-electron chi connectivity index (χ3n) is 4.95. The molecule has 0 saturated carbocycles. The molecule has 1 aromatic rings. The van der Waals surface area contributed by atoms with Crippen molar-refractivity contribution in [2.24, 2.45) is 4.99 Å². The Hall–Kier alpha value is -1.64. The normalized spacial score (nSPS) is 19.5. The minimum atomic E-state index is 0.201. The van der Waals surface area contributed by atoms with E-state index in [1.54, 1.807) is 11.3 Å². The van der Waals surface area contributed by atoms with Crippen molar-refractivity contribution < 1.29 is 14.3 Å². The fourth-order valence-corrected chi connectivity index (χ4v) is 4.29. The zero-order valence-electron chi connectivity index (χ0n) is 16.7. The van der Waals surface area contributed by atoms with Gasteiger partial charge in [0.2, 0.25) is 5.91 Å². The van der Waals surface area contributed by atoms with Gasteiger partial charge in [-0.25, -0.2) is 0 Å². The molecule has 1 amide bonds. The molecule has 0 bridgehead atoms. The van der Waals surface area contributed by atoms with Crippen LogP contribution in [0.4, 0.5) is 0 Å². The van der Waals surface area contributed by atoms with Crippen LogP contribution in [-0.2, 0) is 27.2 Å². The summed E-state index contributed by atoms with van der Waals surface area (Å²) in [6.07, 6.45) is 3.58. The lowest BCUT2D eigenvalue weighted by atomic mass is 10.1. The molecule has 1 saturated heterocycles. The molecule has 1 aromatic heterocycles. The first kappa shape index (κ1) is 21.1. The summed E-state index contributed by atoms with van der Waals surface area (Å²) in [6.45, 7) is 7.92. The molecule has 3 rings (SSSR count). The number of carbonyl (C=O) groups is 1. The van der Waals surface area contributed by atoms with Crippen LogP contribution in [0.15, 0.2) is 16.4 Å². The summed E-state index contributed by atoms with van der Waals surface area (Å²) in [5.41, 5.74) is 1.30. The van der Waals surface area contributed by atoms with Crippen LogP contribution < -0.4 is 10.6 Å². The molecule has 0 radical (unpaired) electrons. The van der Waals surface area contributed by atoms with Crippen LogP contribution in [0.25, 0.3) is 0 Å². The lowest BCUT2D eigenvalue weighted by molar-refractivity contribution is -0.131. The highest BCUT2D eigenvalue weighted by molar-refractivity contribution is 7.10. The molecule has 0 spiro atoms. The second-order valence-electron chi connectivity index (χ2n) is 7.08. The van der Waals surface area contributed by atoms with Crippen molar-refractivity contribution in [1.29, 1.82) is 0 Å². The van der Waals surface area contributed by atoms with Gasteiger partial charge in [0.25, 0.3) is 0 Å². The summed E-state index contributed by atoms with van der Waals surface area (Å²) in [5, 5.41) is 8.62. The zero-order chi connectivity index (χ0) is 19.6. The first-order valence-electron chi connectivity index (χ1n) is 10.3. The van der Waals surface area contributed by atoms with Crippen molar-refractivity contribution in [2.75, 3.05) is 46.0 Å². The molecule has 7 nitrogen and oxygen atoms in total. The molecule has 28 heavy (non-hydrogen) atoms. The molecule has 3 heterocycles. The second-order valence-corrected chi connectivity index (χ2v) is 8.08. The minimum Gasteiger partial charge on any atom is -0.379 e. The van der Waals surface area contributed by atoms with E-state index in [1.807, 2.05) is 11.8 Å². The number of ether oxygens (including phenoxy) is 2. The lowest BCUT2D eigenvalue weighted by Gasteiger charge is -2.27. The Bertz CT molecular complexity index is 643. The van der Waals surface area contributed by atoms with Gasteiger partial charge < -0.3 is 25.0 Å². The highest BCUT2D eigenvalue weighted by atomic mass is 32.1. The van der Waals surface area contributed by atoms with Crippen molar-refractivity contribution in [3.05, 3.63) is 21.9 Å². The maximum absolute atomic E-state index is 12.5. The highest BCUT2D eigenvalue weighted by Gasteiger charge is 2.21. The van der Waals surface area contributed by atoms with E-state index in [1.165, 1.54) is 10.4 Å². The molecule has 156 valence electrons. The molecule has 8 heteroatoms. The molecule has 2 N–H and O–H groups in total. The Labute approximate surface area is 171 Å². The monoisotopic (exact) mass is 408 g/mol. The van der Waals surface area contributed by atoms with E-state index >= 15 is 0 Å². The predicted octanol–water partition coefficient (Wildman–Crippen LogP) is 1.77. The fraction of sp³-hybridized carbons (Fsp3) is 0.700. The van der Waals surface area contributed by atoms with Crippen LogP contribution in [0.2, 0.25) is 0 Å². The number of aliphatic imine (C=N–C) groups is 1. The fourth-order valence-electron chi connectivity index (χ4n) is 3.40. The Kier molecular flexibility index (Phi) is 8.57. The third kappa shape index (κ3) is 6.46. The standard InChI is InChI=1S/C20H32N4O3S/c1-2-21-20(22-8-3-11-27-17-6-12-26-15-17)23-9-4-19(25)24-10-5-18-16(14-24)7-13-28-18/h7,13,17H,2-6,8-12,14-15H2,1H3,(H2,21,22,23). The van der Waals surface area contributed by atoms with E-state index in [0.29, 0.717) is 32.7 Å². The van der Waals surface area contributed by atoms with Crippen LogP contribution in [0.3, 0.4) is 0 Å². The van der Waals surface area contributed by atoms with Gasteiger partial charge in [-0.3, -0.25) is 9.79 Å². The summed E-state index contributed by atoms with van der Waals surface area (Å²) in [6, 6.07) is 2.14. The van der Waals surface area contributed by atoms with Gasteiger partial charge in [0.15, 0.2) is 5.96 Å². The largest absolute Gasteiger partial charge is 0.379 e. The molecule has 1 unspecified atom stereocenters. The quantitative estimate of drug-likeness (QED) is 0.370. The van der Waals surface area contributed by atoms with Gasteiger partial charge in [-0.2, -0.15) is 0 Å². The first-order valence-corrected chi connectivity index (χ1v) is 11.2. The van der Waals surface area contributed by atoms with Crippen LogP contribution in [0.1, 0.15) is 36.6 Å². The minimum absolute atomic E-state index is 0.201. The van der Waals surface area contributed by atoms with E-state index in [9.17, 15) is 4.79 Å². The van der Waals surface area contributed by atoms with Crippen molar-refractivity contribution in [2.45, 2.75) is 45.3 Å². The topological polar surface area (TPSA) is 75.2 Å². The van der Waals surface area contributed by atoms with Crippen molar-refractivity contribution in [3.8, 4) is 0 Å². The Morgan fingerprint density at radius 2 is 2.39 bits per heavy atom. The SMILES string of the molecule is CCNC(=NCCCOC1CCOC1)NCCC(=O)N1CCc2sccc2C1. The zero-order valence-corrected chi connectivity index (χ0v) is 17.6. The molecule has 0 aromatic carbocycles. The summed E-state index contributed by atoms with van der Waals surface area (Å²) < 4.78 is 11.1. The maximum Gasteiger partial charge on any atom is 0.224 e. The van der Waals surface area contributed by atoms with Crippen molar-refractivity contribution in [3.63, 3.8) is 0 Å². The van der Waals surface area contributed by atoms with Crippen molar-refractivity contribution >= 4 is 23.2 Å². The Morgan fingerprint density at radius 3 is 3.21 bits per heavy atom. The second kappa shape index (κ2) is 11.4. The van der Waals surface area contributed by atoms with E-state index in [0.717, 1.165) is 51.5 Å². The highest BCUT2D eigenvalue weighted by Crippen LogP contribution is 2.24. The molecule has 2 aliphatic heterocycles. The van der Waals surface area contributed by atoms with E-state index < -0.39 is 0 Å². The Balaban J connectivity index is 1.32. The van der Waals surface area contributed by atoms with E-state index in [2.05, 4.69) is 27.1 Å². The smallest absolute Gasteiger partial charge is 0.224 e. The van der Waals surface area contributed by atoms with Crippen LogP contribution in [0.5, 0.6) is 0 Å². The van der Waals surface area contributed by atoms with Crippen LogP contribution in [0, 0.1) is 0 Å². The lowest BCUT2D eigenvalue weighted by Crippen LogP contribution is -2.41. The number of carbonyl (C=O) groups excluding carboxylic acids is 1. The van der Waals surface area contributed by atoms with Gasteiger partial charge in [-0.05, 0) is 43.2 Å². The number of fused-ring (bicyclic) bond motifs is 1. The van der Waals surface area contributed by atoms with Crippen molar-refractivity contribution in [1.82, 2.24) is 15.5 Å². The first-order chi connectivity index (χ1) is 13.8. The summed E-state index contributed by atoms with van der Waals surface area (Å²) >= 11 is 1.79. The summed E-state index contributed by atoms with van der Waals surface area (Å²) in [7, 11) is 0. The van der Waals surface area contributed by atoms with Gasteiger partial charge in [0, 0.05) is 57.2 Å². The van der Waals surface area contributed by atoms with E-state index in [4.69, 9.17) is 9.47 Å². The van der Waals surface area contributed by atoms with Crippen LogP contribution >= 0.6 is 11.3 Å². The molecule has 0 aliphatic carbocycles. The van der Waals surface area contributed by atoms with Gasteiger partial charge in [-0.15, -0.1) is 11.3 Å². The number of guanidine groups is 1. The number of nitrogens with zero attached hydrogens (tertiary/aromatic N) is 2. The molecule has 2 aliphatic rings. The van der Waals surface area contributed by atoms with Gasteiger partial charge in [-0.1, -0.05) is 0 Å². The van der Waals surface area contributed by atoms with Gasteiger partial charge >= 0.3 is 0 Å². The van der Waals surface area contributed by atoms with Crippen LogP contribution in [-0.4, -0.2) is 68.9 Å². The molecular formula is C20H32N4O3S. The average Bonchev–Trinajstić information content (AvgIpc) is 3.38. The average molecular weight is 409 g/mol. The number of nitrogens with one attached hydrogen (secondary N) is 2. The van der Waals surface area contributed by atoms with Gasteiger partial charge in [0.05, 0.1) is 12.7 Å². The maximum atomic E-state index is 12.5. The molecule has 1 atom stereocenters. The number of hydrogen-bond acceptors (Lipinski definition) is 5. The predicted molar refractivity (Wildman–Crippen MR) is 112 cm³/mol. The molecular weight excluding hydrogens is 376 g/mol. The van der Waals surface area contributed by atoms with E-state index in [-0.39, 0.29) is 12.0 Å². The summed E-state index contributed by atoms with van der Waals surface area (Å²) in [5.74, 6) is 0.964. The number of hydrogen-bond donors (Lipinski definition) is 2. The summed E-state index contributed by atoms with van der Waals surface area (Å²) in [4.78, 5) is 20.5. The van der Waals surface area contributed by atoms with Gasteiger partial charge in [0.1, 0.15) is 0 Å². The number of rotatable bonds is 9. The number of thiophene rings is 1. The number of amides is 1. The third-order valence-corrected chi connectivity index (χ3v) is 5.97. The molecule has 1 fully saturated rings. The Morgan fingerprint density at radius 1 is 1.46 bits per heavy atom.